The highest BCUT2D eigenvalue weighted by Gasteiger charge is 2.54. The van der Waals surface area contributed by atoms with Gasteiger partial charge in [0.05, 0.1) is 13.2 Å². The zero-order chi connectivity index (χ0) is 18.5. The summed E-state index contributed by atoms with van der Waals surface area (Å²) in [5.74, 6) is 1.96. The van der Waals surface area contributed by atoms with Crippen LogP contribution in [-0.2, 0) is 7.05 Å². The number of aromatic nitrogens is 2. The van der Waals surface area contributed by atoms with Crippen LogP contribution in [-0.4, -0.2) is 64.3 Å². The Bertz CT molecular complexity index is 838. The maximum absolute atomic E-state index is 13.4. The summed E-state index contributed by atoms with van der Waals surface area (Å²) in [4.78, 5) is 18.1. The van der Waals surface area contributed by atoms with Crippen molar-refractivity contribution in [1.29, 1.82) is 0 Å². The van der Waals surface area contributed by atoms with Gasteiger partial charge in [0.2, 0.25) is 0 Å². The molecule has 6 nitrogen and oxygen atoms in total. The number of likely N-dealkylation sites (tertiary alicyclic amines) is 1. The zero-order valence-electron chi connectivity index (χ0n) is 15.9. The molecule has 4 aliphatic rings. The number of hydrogen-bond donors (Lipinski definition) is 0. The van der Waals surface area contributed by atoms with Gasteiger partial charge in [-0.3, -0.25) is 14.4 Å². The number of piperidine rings is 3. The molecule has 3 unspecified atom stereocenters. The smallest absolute Gasteiger partial charge is 0.272 e. The molecule has 4 saturated heterocycles. The lowest BCUT2D eigenvalue weighted by molar-refractivity contribution is -0.00372. The molecule has 1 aromatic heterocycles. The van der Waals surface area contributed by atoms with Crippen LogP contribution in [0.15, 0.2) is 36.5 Å². The second kappa shape index (κ2) is 6.37. The molecule has 6 rings (SSSR count). The van der Waals surface area contributed by atoms with E-state index in [1.54, 1.807) is 18.0 Å². The van der Waals surface area contributed by atoms with Crippen molar-refractivity contribution in [2.24, 2.45) is 13.0 Å². The standard InChI is InChI=1S/C21H26N4O2/c1-23-18(7-10-22-23)21(26)25-13-17(14-3-5-16(27-2)6-4-14)20-19(25)15-8-11-24(20)12-9-15/h3-7,10,15,17,19-20H,8-9,11-13H2,1-2H3. The number of carbonyl (C=O) groups excluding carboxylic acids is 1. The summed E-state index contributed by atoms with van der Waals surface area (Å²) in [6, 6.07) is 11.0. The molecule has 1 aromatic carbocycles. The highest BCUT2D eigenvalue weighted by atomic mass is 16.5. The quantitative estimate of drug-likeness (QED) is 0.835. The van der Waals surface area contributed by atoms with Gasteiger partial charge >= 0.3 is 0 Å². The first-order chi connectivity index (χ1) is 13.2. The van der Waals surface area contributed by atoms with Crippen molar-refractivity contribution in [2.75, 3.05) is 26.7 Å². The molecule has 5 heterocycles. The molecule has 6 heteroatoms. The second-order valence-corrected chi connectivity index (χ2v) is 8.03. The summed E-state index contributed by atoms with van der Waals surface area (Å²) in [7, 11) is 3.54. The van der Waals surface area contributed by atoms with Crippen LogP contribution in [0, 0.1) is 5.92 Å². The predicted octanol–water partition coefficient (Wildman–Crippen LogP) is 2.13. The van der Waals surface area contributed by atoms with Gasteiger partial charge in [0.1, 0.15) is 11.4 Å². The maximum atomic E-state index is 13.4. The number of fused-ring (bicyclic) bond motifs is 2. The molecule has 0 spiro atoms. The van der Waals surface area contributed by atoms with Crippen molar-refractivity contribution >= 4 is 5.91 Å². The number of ether oxygens (including phenoxy) is 1. The van der Waals surface area contributed by atoms with Crippen molar-refractivity contribution < 1.29 is 9.53 Å². The number of benzene rings is 1. The third-order valence-corrected chi connectivity index (χ3v) is 6.84. The predicted molar refractivity (Wildman–Crippen MR) is 102 cm³/mol. The van der Waals surface area contributed by atoms with E-state index >= 15 is 0 Å². The Morgan fingerprint density at radius 2 is 1.85 bits per heavy atom. The van der Waals surface area contributed by atoms with Crippen LogP contribution < -0.4 is 4.74 Å². The van der Waals surface area contributed by atoms with Gasteiger partial charge in [-0.2, -0.15) is 5.10 Å². The fraction of sp³-hybridized carbons (Fsp3) is 0.524. The molecule has 4 aliphatic heterocycles. The summed E-state index contributed by atoms with van der Waals surface area (Å²) in [5.41, 5.74) is 1.99. The van der Waals surface area contributed by atoms with E-state index in [0.29, 0.717) is 29.6 Å². The number of carbonyl (C=O) groups is 1. The van der Waals surface area contributed by atoms with E-state index in [9.17, 15) is 4.79 Å². The molecular formula is C21H26N4O2. The average molecular weight is 366 g/mol. The summed E-state index contributed by atoms with van der Waals surface area (Å²) >= 11 is 0. The second-order valence-electron chi connectivity index (χ2n) is 8.03. The molecule has 1 amide bonds. The van der Waals surface area contributed by atoms with Gasteiger partial charge in [-0.1, -0.05) is 12.1 Å². The highest BCUT2D eigenvalue weighted by Crippen LogP contribution is 2.47. The Morgan fingerprint density at radius 3 is 2.48 bits per heavy atom. The third kappa shape index (κ3) is 2.57. The van der Waals surface area contributed by atoms with Gasteiger partial charge in [-0.25, -0.2) is 0 Å². The molecule has 2 aromatic rings. The summed E-state index contributed by atoms with van der Waals surface area (Å²) < 4.78 is 7.02. The molecular weight excluding hydrogens is 340 g/mol. The lowest BCUT2D eigenvalue weighted by Crippen LogP contribution is -2.60. The van der Waals surface area contributed by atoms with Crippen LogP contribution in [0.2, 0.25) is 0 Å². The van der Waals surface area contributed by atoms with Gasteiger partial charge in [-0.05, 0) is 55.6 Å². The number of amides is 1. The van der Waals surface area contributed by atoms with Crippen molar-refractivity contribution in [3.8, 4) is 5.75 Å². The van der Waals surface area contributed by atoms with Gasteiger partial charge in [0.25, 0.3) is 5.91 Å². The fourth-order valence-corrected chi connectivity index (χ4v) is 5.53. The lowest BCUT2D eigenvalue weighted by atomic mass is 9.75. The molecule has 2 bridgehead atoms. The third-order valence-electron chi connectivity index (χ3n) is 6.84. The van der Waals surface area contributed by atoms with Gasteiger partial charge in [0, 0.05) is 31.7 Å². The van der Waals surface area contributed by atoms with Crippen molar-refractivity contribution in [1.82, 2.24) is 19.6 Å². The van der Waals surface area contributed by atoms with E-state index in [1.807, 2.05) is 25.2 Å². The molecule has 3 atom stereocenters. The zero-order valence-corrected chi connectivity index (χ0v) is 15.9. The number of hydrogen-bond acceptors (Lipinski definition) is 4. The molecule has 4 fully saturated rings. The lowest BCUT2D eigenvalue weighted by Gasteiger charge is -2.51. The largest absolute Gasteiger partial charge is 0.497 e. The highest BCUT2D eigenvalue weighted by molar-refractivity contribution is 5.93. The van der Waals surface area contributed by atoms with Crippen LogP contribution in [0.5, 0.6) is 5.75 Å². The number of methoxy groups -OCH3 is 1. The van der Waals surface area contributed by atoms with E-state index in [2.05, 4.69) is 27.0 Å². The Labute approximate surface area is 159 Å². The van der Waals surface area contributed by atoms with E-state index in [1.165, 1.54) is 18.4 Å². The first kappa shape index (κ1) is 16.8. The summed E-state index contributed by atoms with van der Waals surface area (Å²) in [5, 5.41) is 4.20. The molecule has 0 N–H and O–H groups in total. The number of rotatable bonds is 3. The van der Waals surface area contributed by atoms with E-state index < -0.39 is 0 Å². The van der Waals surface area contributed by atoms with Gasteiger partial charge in [0.15, 0.2) is 0 Å². The van der Waals surface area contributed by atoms with Crippen LogP contribution in [0.1, 0.15) is 34.8 Å². The Morgan fingerprint density at radius 1 is 1.11 bits per heavy atom. The maximum Gasteiger partial charge on any atom is 0.272 e. The van der Waals surface area contributed by atoms with E-state index in [-0.39, 0.29) is 5.91 Å². The molecule has 0 aliphatic carbocycles. The Kier molecular flexibility index (Phi) is 3.97. The molecule has 142 valence electrons. The van der Waals surface area contributed by atoms with Crippen molar-refractivity contribution in [3.63, 3.8) is 0 Å². The first-order valence-corrected chi connectivity index (χ1v) is 9.84. The first-order valence-electron chi connectivity index (χ1n) is 9.84. The van der Waals surface area contributed by atoms with E-state index in [4.69, 9.17) is 4.74 Å². The molecule has 0 radical (unpaired) electrons. The SMILES string of the molecule is COc1ccc(C2CN(C(=O)c3ccnn3C)C3C4CCN(CC4)C23)cc1. The number of nitrogens with zero attached hydrogens (tertiary/aromatic N) is 4. The minimum absolute atomic E-state index is 0.120. The Balaban J connectivity index is 1.51. The normalized spacial score (nSPS) is 31.8. The average Bonchev–Trinajstić information content (AvgIpc) is 3.34. The van der Waals surface area contributed by atoms with Crippen LogP contribution >= 0.6 is 0 Å². The molecule has 27 heavy (non-hydrogen) atoms. The Hall–Kier alpha value is -2.34. The fourth-order valence-electron chi connectivity index (χ4n) is 5.53. The van der Waals surface area contributed by atoms with Crippen molar-refractivity contribution in [2.45, 2.75) is 30.8 Å². The van der Waals surface area contributed by atoms with Gasteiger partial charge < -0.3 is 9.64 Å². The summed E-state index contributed by atoms with van der Waals surface area (Å²) in [6.07, 6.45) is 4.11. The van der Waals surface area contributed by atoms with Crippen LogP contribution in [0.4, 0.5) is 0 Å². The molecule has 0 saturated carbocycles. The number of aryl methyl sites for hydroxylation is 1. The van der Waals surface area contributed by atoms with Crippen LogP contribution in [0.3, 0.4) is 0 Å². The minimum Gasteiger partial charge on any atom is -0.497 e. The van der Waals surface area contributed by atoms with Crippen LogP contribution in [0.25, 0.3) is 0 Å². The summed E-state index contributed by atoms with van der Waals surface area (Å²) in [6.45, 7) is 3.09. The minimum atomic E-state index is 0.120. The monoisotopic (exact) mass is 366 g/mol. The topological polar surface area (TPSA) is 50.6 Å². The van der Waals surface area contributed by atoms with Gasteiger partial charge in [-0.15, -0.1) is 0 Å². The van der Waals surface area contributed by atoms with E-state index in [0.717, 1.165) is 25.4 Å². The van der Waals surface area contributed by atoms with Crippen molar-refractivity contribution in [3.05, 3.63) is 47.8 Å².